The fraction of sp³-hybridized carbons (Fsp3) is 0.526. The molecule has 9 nitrogen and oxygen atoms in total. The highest BCUT2D eigenvalue weighted by Gasteiger charge is 2.27. The van der Waals surface area contributed by atoms with E-state index in [9.17, 15) is 20.2 Å². The van der Waals surface area contributed by atoms with Crippen LogP contribution in [0, 0.1) is 27.2 Å². The zero-order valence-corrected chi connectivity index (χ0v) is 19.6. The van der Waals surface area contributed by atoms with Gasteiger partial charge in [-0.25, -0.2) is 0 Å². The van der Waals surface area contributed by atoms with E-state index in [0.717, 1.165) is 19.3 Å². The number of hydrogen-bond donors (Lipinski definition) is 0. The standard InChI is InChI=1S/C19H24Cl2N4O5S/c1-3-4-5-8-30-17-7-6-14(9-16(17)24(26)27)11-23-13(2)22-18(25(28)29)19(23)31-12-15(21)10-20/h6-7,9,15H,3-5,8,10-12H2,1-2H3. The van der Waals surface area contributed by atoms with Crippen molar-refractivity contribution in [1.29, 1.82) is 0 Å². The minimum Gasteiger partial charge on any atom is -0.487 e. The van der Waals surface area contributed by atoms with Crippen molar-refractivity contribution in [3.8, 4) is 5.75 Å². The number of thioether (sulfide) groups is 1. The molecule has 0 N–H and O–H groups in total. The average molecular weight is 491 g/mol. The Morgan fingerprint density at radius 1 is 1.26 bits per heavy atom. The Morgan fingerprint density at radius 3 is 2.61 bits per heavy atom. The lowest BCUT2D eigenvalue weighted by Gasteiger charge is -2.11. The van der Waals surface area contributed by atoms with Crippen molar-refractivity contribution in [2.24, 2.45) is 0 Å². The molecule has 170 valence electrons. The largest absolute Gasteiger partial charge is 0.487 e. The van der Waals surface area contributed by atoms with E-state index in [4.69, 9.17) is 27.9 Å². The Balaban J connectivity index is 2.31. The van der Waals surface area contributed by atoms with Crippen LogP contribution < -0.4 is 4.74 Å². The van der Waals surface area contributed by atoms with E-state index >= 15 is 0 Å². The molecule has 1 unspecified atom stereocenters. The number of ether oxygens (including phenoxy) is 1. The van der Waals surface area contributed by atoms with Gasteiger partial charge >= 0.3 is 11.5 Å². The van der Waals surface area contributed by atoms with E-state index in [1.54, 1.807) is 23.6 Å². The van der Waals surface area contributed by atoms with Gasteiger partial charge in [-0.2, -0.15) is 0 Å². The smallest absolute Gasteiger partial charge is 0.396 e. The predicted octanol–water partition coefficient (Wildman–Crippen LogP) is 5.56. The number of nitrogens with zero attached hydrogens (tertiary/aromatic N) is 4. The van der Waals surface area contributed by atoms with Gasteiger partial charge in [0.1, 0.15) is 0 Å². The summed E-state index contributed by atoms with van der Waals surface area (Å²) >= 11 is 13.0. The fourth-order valence-corrected chi connectivity index (χ4v) is 4.32. The second-order valence-corrected chi connectivity index (χ2v) is 8.74. The van der Waals surface area contributed by atoms with E-state index in [2.05, 4.69) is 11.9 Å². The zero-order valence-electron chi connectivity index (χ0n) is 17.3. The molecule has 12 heteroatoms. The van der Waals surface area contributed by atoms with Crippen LogP contribution in [0.25, 0.3) is 0 Å². The Hall–Kier alpha value is -2.04. The van der Waals surface area contributed by atoms with Crippen molar-refractivity contribution >= 4 is 46.5 Å². The highest BCUT2D eigenvalue weighted by atomic mass is 35.5. The van der Waals surface area contributed by atoms with Gasteiger partial charge in [-0.05, 0) is 28.0 Å². The summed E-state index contributed by atoms with van der Waals surface area (Å²) in [4.78, 5) is 26.0. The Kier molecular flexibility index (Phi) is 9.86. The summed E-state index contributed by atoms with van der Waals surface area (Å²) in [6.45, 7) is 4.30. The molecule has 31 heavy (non-hydrogen) atoms. The third-order valence-electron chi connectivity index (χ3n) is 4.40. The van der Waals surface area contributed by atoms with Crippen LogP contribution in [0.15, 0.2) is 23.2 Å². The van der Waals surface area contributed by atoms with Crippen LogP contribution in [0.5, 0.6) is 5.75 Å². The lowest BCUT2D eigenvalue weighted by atomic mass is 10.2. The quantitative estimate of drug-likeness (QED) is 0.118. The molecule has 0 bridgehead atoms. The number of nitro groups is 2. The second-order valence-electron chi connectivity index (χ2n) is 6.81. The summed E-state index contributed by atoms with van der Waals surface area (Å²) in [5.74, 6) is 0.934. The number of halogens is 2. The van der Waals surface area contributed by atoms with Crippen molar-refractivity contribution in [3.63, 3.8) is 0 Å². The maximum Gasteiger partial charge on any atom is 0.396 e. The molecule has 0 amide bonds. The van der Waals surface area contributed by atoms with Gasteiger partial charge in [0.2, 0.25) is 5.82 Å². The number of hydrogen-bond acceptors (Lipinski definition) is 7. The Morgan fingerprint density at radius 2 is 2.00 bits per heavy atom. The fourth-order valence-electron chi connectivity index (χ4n) is 2.83. The van der Waals surface area contributed by atoms with Gasteiger partial charge in [0.15, 0.2) is 10.8 Å². The van der Waals surface area contributed by atoms with E-state index in [1.165, 1.54) is 17.8 Å². The van der Waals surface area contributed by atoms with Crippen molar-refractivity contribution in [1.82, 2.24) is 9.55 Å². The molecule has 0 fully saturated rings. The molecular formula is C19H24Cl2N4O5S. The van der Waals surface area contributed by atoms with Crippen LogP contribution in [-0.2, 0) is 6.54 Å². The lowest BCUT2D eigenvalue weighted by Crippen LogP contribution is -2.08. The normalized spacial score (nSPS) is 12.0. The molecule has 1 atom stereocenters. The number of unbranched alkanes of at least 4 members (excludes halogenated alkanes) is 2. The molecule has 0 aliphatic rings. The molecule has 0 saturated carbocycles. The minimum absolute atomic E-state index is 0.140. The number of alkyl halides is 2. The minimum atomic E-state index is -0.550. The molecule has 2 rings (SSSR count). The molecule has 0 aliphatic heterocycles. The number of benzene rings is 1. The monoisotopic (exact) mass is 490 g/mol. The van der Waals surface area contributed by atoms with E-state index in [1.807, 2.05) is 0 Å². The average Bonchev–Trinajstić information content (AvgIpc) is 3.05. The van der Waals surface area contributed by atoms with Crippen molar-refractivity contribution < 1.29 is 14.6 Å². The van der Waals surface area contributed by atoms with E-state index in [-0.39, 0.29) is 35.1 Å². The van der Waals surface area contributed by atoms with Crippen LogP contribution in [0.4, 0.5) is 11.5 Å². The number of nitro benzene ring substituents is 1. The van der Waals surface area contributed by atoms with Gasteiger partial charge in [0, 0.05) is 24.6 Å². The van der Waals surface area contributed by atoms with Gasteiger partial charge in [0.05, 0.1) is 23.5 Å². The number of rotatable bonds is 13. The SMILES string of the molecule is CCCCCOc1ccc(Cn2c(C)nc([N+](=O)[O-])c2SCC(Cl)CCl)cc1[N+](=O)[O-]. The molecule has 1 heterocycles. The zero-order chi connectivity index (χ0) is 23.0. The van der Waals surface area contributed by atoms with Gasteiger partial charge in [0.25, 0.3) is 0 Å². The Bertz CT molecular complexity index is 925. The van der Waals surface area contributed by atoms with Crippen molar-refractivity contribution in [2.45, 2.75) is 50.1 Å². The third-order valence-corrected chi connectivity index (χ3v) is 6.67. The molecular weight excluding hydrogens is 467 g/mol. The molecule has 0 aliphatic carbocycles. The molecule has 0 radical (unpaired) electrons. The number of aryl methyl sites for hydroxylation is 1. The second kappa shape index (κ2) is 12.1. The van der Waals surface area contributed by atoms with Gasteiger partial charge in [-0.3, -0.25) is 14.7 Å². The van der Waals surface area contributed by atoms with E-state index < -0.39 is 9.85 Å². The predicted molar refractivity (Wildman–Crippen MR) is 122 cm³/mol. The summed E-state index contributed by atoms with van der Waals surface area (Å²) < 4.78 is 7.24. The van der Waals surface area contributed by atoms with Crippen molar-refractivity contribution in [3.05, 3.63) is 49.8 Å². The van der Waals surface area contributed by atoms with Gasteiger partial charge < -0.3 is 14.9 Å². The first-order chi connectivity index (χ1) is 14.8. The highest BCUT2D eigenvalue weighted by molar-refractivity contribution is 7.99. The van der Waals surface area contributed by atoms with Crippen LogP contribution in [0.2, 0.25) is 0 Å². The van der Waals surface area contributed by atoms with Crippen LogP contribution in [0.3, 0.4) is 0 Å². The van der Waals surface area contributed by atoms with Gasteiger partial charge in [-0.15, -0.1) is 23.2 Å². The topological polar surface area (TPSA) is 113 Å². The summed E-state index contributed by atoms with van der Waals surface area (Å²) in [5, 5.41) is 23.0. The maximum absolute atomic E-state index is 11.5. The van der Waals surface area contributed by atoms with E-state index in [0.29, 0.717) is 28.8 Å². The van der Waals surface area contributed by atoms with Crippen molar-refractivity contribution in [2.75, 3.05) is 18.2 Å². The maximum atomic E-state index is 11.5. The third kappa shape index (κ3) is 6.98. The number of aromatic nitrogens is 2. The molecule has 0 saturated heterocycles. The summed E-state index contributed by atoms with van der Waals surface area (Å²) in [6, 6.07) is 4.71. The Labute approximate surface area is 194 Å². The summed E-state index contributed by atoms with van der Waals surface area (Å²) in [5.41, 5.74) is 0.461. The lowest BCUT2D eigenvalue weighted by molar-refractivity contribution is -0.392. The number of imidazole rings is 1. The summed E-state index contributed by atoms with van der Waals surface area (Å²) in [6.07, 6.45) is 2.83. The van der Waals surface area contributed by atoms with Crippen LogP contribution in [0.1, 0.15) is 37.6 Å². The summed E-state index contributed by atoms with van der Waals surface area (Å²) in [7, 11) is 0. The first-order valence-corrected chi connectivity index (χ1v) is 11.7. The molecule has 1 aromatic carbocycles. The molecule has 1 aromatic heterocycles. The van der Waals surface area contributed by atoms with Crippen LogP contribution >= 0.6 is 35.0 Å². The van der Waals surface area contributed by atoms with Gasteiger partial charge in [-0.1, -0.05) is 37.6 Å². The first-order valence-electron chi connectivity index (χ1n) is 9.72. The molecule has 0 spiro atoms. The highest BCUT2D eigenvalue weighted by Crippen LogP contribution is 2.33. The first kappa shape index (κ1) is 25.2. The molecule has 2 aromatic rings. The van der Waals surface area contributed by atoms with Crippen LogP contribution in [-0.4, -0.2) is 43.0 Å².